The van der Waals surface area contributed by atoms with E-state index < -0.39 is 35.0 Å². The monoisotopic (exact) mass is 460 g/mol. The van der Waals surface area contributed by atoms with Gasteiger partial charge in [-0.05, 0) is 18.6 Å². The van der Waals surface area contributed by atoms with Crippen LogP contribution in [0.25, 0.3) is 0 Å². The molecule has 0 radical (unpaired) electrons. The highest BCUT2D eigenvalue weighted by molar-refractivity contribution is 6.18. The number of hydrogen-bond donors (Lipinski definition) is 0. The molecule has 0 bridgehead atoms. The molecule has 0 saturated heterocycles. The number of ketones is 2. The van der Waals surface area contributed by atoms with Gasteiger partial charge in [-0.2, -0.15) is 0 Å². The summed E-state index contributed by atoms with van der Waals surface area (Å²) >= 11 is 0. The zero-order valence-corrected chi connectivity index (χ0v) is 18.1. The molecule has 0 saturated carbocycles. The largest absolute Gasteiger partial charge is 0.379 e. The van der Waals surface area contributed by atoms with Gasteiger partial charge in [-0.15, -0.1) is 0 Å². The van der Waals surface area contributed by atoms with Gasteiger partial charge in [-0.25, -0.2) is 0 Å². The maximum atomic E-state index is 11.8. The maximum Gasteiger partial charge on any atom is 0.255 e. The van der Waals surface area contributed by atoms with Crippen molar-refractivity contribution in [2.75, 3.05) is 39.9 Å². The standard InChI is InChI=1S/C22H24N2O9/c1-2-22(10-31-9-15-16(25)3-4-17(15)26,11-32-13-23-18(27)5-6-19(23)28)12-33-14-24-20(29)7-8-21(24)30/h3-8,15H,2,9-14H2,1H3. The van der Waals surface area contributed by atoms with Crippen LogP contribution in [0, 0.1) is 11.3 Å². The number of hydrogen-bond acceptors (Lipinski definition) is 9. The molecule has 0 unspecified atom stereocenters. The number of nitrogens with zero attached hydrogens (tertiary/aromatic N) is 2. The second-order valence-electron chi connectivity index (χ2n) is 7.89. The minimum Gasteiger partial charge on any atom is -0.379 e. The number of imide groups is 2. The fourth-order valence-corrected chi connectivity index (χ4v) is 3.35. The van der Waals surface area contributed by atoms with Crippen molar-refractivity contribution in [3.8, 4) is 0 Å². The number of carbonyl (C=O) groups excluding carboxylic acids is 6. The summed E-state index contributed by atoms with van der Waals surface area (Å²) in [5, 5.41) is 0. The SMILES string of the molecule is CCC(COCC1C(=O)C=CC1=O)(COCN1C(=O)C=CC1=O)COCN1C(=O)C=CC1=O. The van der Waals surface area contributed by atoms with Gasteiger partial charge in [0.25, 0.3) is 23.6 Å². The molecule has 11 nitrogen and oxygen atoms in total. The van der Waals surface area contributed by atoms with Crippen LogP contribution < -0.4 is 0 Å². The molecule has 1 aliphatic carbocycles. The number of amides is 4. The summed E-state index contributed by atoms with van der Waals surface area (Å²) < 4.78 is 16.9. The van der Waals surface area contributed by atoms with Crippen molar-refractivity contribution in [1.29, 1.82) is 0 Å². The molecule has 0 fully saturated rings. The van der Waals surface area contributed by atoms with Crippen LogP contribution >= 0.6 is 0 Å². The lowest BCUT2D eigenvalue weighted by Gasteiger charge is -2.33. The molecule has 0 aromatic heterocycles. The Labute approximate surface area is 189 Å². The van der Waals surface area contributed by atoms with Crippen LogP contribution in [0.1, 0.15) is 13.3 Å². The van der Waals surface area contributed by atoms with Gasteiger partial charge in [0.2, 0.25) is 0 Å². The molecule has 3 rings (SSSR count). The zero-order chi connectivity index (χ0) is 24.0. The second kappa shape index (κ2) is 10.6. The normalized spacial score (nSPS) is 18.8. The fraction of sp³-hybridized carbons (Fsp3) is 0.455. The summed E-state index contributed by atoms with van der Waals surface area (Å²) in [6, 6.07) is 0. The Hall–Kier alpha value is -3.28. The lowest BCUT2D eigenvalue weighted by Crippen LogP contribution is -2.42. The van der Waals surface area contributed by atoms with Crippen molar-refractivity contribution in [3.63, 3.8) is 0 Å². The predicted octanol–water partition coefficient (Wildman–Crippen LogP) is -0.478. The zero-order valence-electron chi connectivity index (χ0n) is 18.1. The van der Waals surface area contributed by atoms with Crippen LogP contribution in [0.4, 0.5) is 0 Å². The van der Waals surface area contributed by atoms with Crippen molar-refractivity contribution < 1.29 is 43.0 Å². The summed E-state index contributed by atoms with van der Waals surface area (Å²) in [6.45, 7) is 1.21. The van der Waals surface area contributed by atoms with E-state index in [2.05, 4.69) is 0 Å². The Balaban J connectivity index is 1.58. The van der Waals surface area contributed by atoms with Gasteiger partial charge in [0, 0.05) is 29.7 Å². The van der Waals surface area contributed by atoms with Gasteiger partial charge < -0.3 is 14.2 Å². The third-order valence-corrected chi connectivity index (χ3v) is 5.60. The van der Waals surface area contributed by atoms with Crippen LogP contribution in [0.2, 0.25) is 0 Å². The Bertz CT molecular complexity index is 779. The van der Waals surface area contributed by atoms with E-state index in [1.807, 2.05) is 6.92 Å². The van der Waals surface area contributed by atoms with Gasteiger partial charge in [-0.3, -0.25) is 38.6 Å². The quantitative estimate of drug-likeness (QED) is 0.264. The van der Waals surface area contributed by atoms with E-state index in [9.17, 15) is 28.8 Å². The lowest BCUT2D eigenvalue weighted by molar-refractivity contribution is -0.149. The molecule has 2 heterocycles. The van der Waals surface area contributed by atoms with Crippen LogP contribution in [-0.4, -0.2) is 84.9 Å². The lowest BCUT2D eigenvalue weighted by atomic mass is 9.88. The minimum absolute atomic E-state index is 0.00547. The third kappa shape index (κ3) is 5.75. The van der Waals surface area contributed by atoms with E-state index in [4.69, 9.17) is 14.2 Å². The average molecular weight is 460 g/mol. The van der Waals surface area contributed by atoms with Gasteiger partial charge in [-0.1, -0.05) is 6.92 Å². The molecule has 0 atom stereocenters. The van der Waals surface area contributed by atoms with E-state index >= 15 is 0 Å². The molecule has 0 N–H and O–H groups in total. The molecule has 2 aliphatic heterocycles. The molecular formula is C22H24N2O9. The van der Waals surface area contributed by atoms with E-state index in [1.54, 1.807) is 0 Å². The van der Waals surface area contributed by atoms with Crippen molar-refractivity contribution in [1.82, 2.24) is 9.80 Å². The van der Waals surface area contributed by atoms with Crippen LogP contribution in [-0.2, 0) is 43.0 Å². The maximum absolute atomic E-state index is 11.8. The summed E-state index contributed by atoms with van der Waals surface area (Å²) in [5.74, 6) is -3.49. The van der Waals surface area contributed by atoms with Crippen molar-refractivity contribution in [2.45, 2.75) is 13.3 Å². The first-order valence-corrected chi connectivity index (χ1v) is 10.3. The minimum atomic E-state index is -0.891. The first-order valence-electron chi connectivity index (χ1n) is 10.3. The van der Waals surface area contributed by atoms with E-state index in [0.29, 0.717) is 6.42 Å². The van der Waals surface area contributed by atoms with Crippen LogP contribution in [0.15, 0.2) is 36.5 Å². The summed E-state index contributed by atoms with van der Waals surface area (Å²) in [4.78, 5) is 72.3. The molecule has 176 valence electrons. The number of allylic oxidation sites excluding steroid dienone is 2. The van der Waals surface area contributed by atoms with E-state index in [1.165, 1.54) is 12.2 Å². The molecule has 33 heavy (non-hydrogen) atoms. The van der Waals surface area contributed by atoms with E-state index in [-0.39, 0.29) is 51.5 Å². The number of rotatable bonds is 13. The topological polar surface area (TPSA) is 137 Å². The molecule has 0 aromatic rings. The molecule has 3 aliphatic rings. The Morgan fingerprint density at radius 3 is 1.45 bits per heavy atom. The van der Waals surface area contributed by atoms with E-state index in [0.717, 1.165) is 34.1 Å². The first-order chi connectivity index (χ1) is 15.8. The van der Waals surface area contributed by atoms with Gasteiger partial charge in [0.1, 0.15) is 19.4 Å². The summed E-state index contributed by atoms with van der Waals surface area (Å²) in [5.41, 5.74) is -0.809. The number of carbonyl (C=O) groups is 6. The predicted molar refractivity (Wildman–Crippen MR) is 110 cm³/mol. The molecule has 0 spiro atoms. The van der Waals surface area contributed by atoms with Crippen molar-refractivity contribution in [3.05, 3.63) is 36.5 Å². The van der Waals surface area contributed by atoms with Crippen LogP contribution in [0.5, 0.6) is 0 Å². The van der Waals surface area contributed by atoms with Gasteiger partial charge in [0.15, 0.2) is 11.6 Å². The Morgan fingerprint density at radius 1 is 0.667 bits per heavy atom. The molecule has 11 heteroatoms. The van der Waals surface area contributed by atoms with Crippen molar-refractivity contribution >= 4 is 35.2 Å². The third-order valence-electron chi connectivity index (χ3n) is 5.60. The Kier molecular flexibility index (Phi) is 7.79. The van der Waals surface area contributed by atoms with Crippen molar-refractivity contribution in [2.24, 2.45) is 11.3 Å². The molecule has 4 amide bonds. The fourth-order valence-electron chi connectivity index (χ4n) is 3.35. The summed E-state index contributed by atoms with van der Waals surface area (Å²) in [7, 11) is 0. The van der Waals surface area contributed by atoms with Crippen LogP contribution in [0.3, 0.4) is 0 Å². The second-order valence-corrected chi connectivity index (χ2v) is 7.89. The summed E-state index contributed by atoms with van der Waals surface area (Å²) in [6.07, 6.45) is 7.47. The highest BCUT2D eigenvalue weighted by Crippen LogP contribution is 2.25. The first kappa shape index (κ1) is 24.4. The average Bonchev–Trinajstić information content (AvgIpc) is 3.41. The molecular weight excluding hydrogens is 436 g/mol. The number of ether oxygens (including phenoxy) is 3. The highest BCUT2D eigenvalue weighted by atomic mass is 16.5. The van der Waals surface area contributed by atoms with Gasteiger partial charge >= 0.3 is 0 Å². The highest BCUT2D eigenvalue weighted by Gasteiger charge is 2.34. The Morgan fingerprint density at radius 2 is 1.06 bits per heavy atom. The van der Waals surface area contributed by atoms with Gasteiger partial charge in [0.05, 0.1) is 26.4 Å². The smallest absolute Gasteiger partial charge is 0.255 e. The molecule has 0 aromatic carbocycles.